The van der Waals surface area contributed by atoms with Crippen molar-refractivity contribution in [3.05, 3.63) is 239 Å². The Bertz CT molecular complexity index is 3840. The number of alkyl halides is 12. The molecule has 4 aromatic carbocycles. The monoisotopic (exact) mass is 1820 g/mol. The van der Waals surface area contributed by atoms with Crippen molar-refractivity contribution in [3.63, 3.8) is 0 Å². The van der Waals surface area contributed by atoms with E-state index in [-0.39, 0.29) is 29.6 Å². The van der Waals surface area contributed by atoms with Gasteiger partial charge in [0, 0.05) is 140 Å². The molecule has 125 heavy (non-hydrogen) atoms. The van der Waals surface area contributed by atoms with Gasteiger partial charge in [-0.1, -0.05) is 207 Å². The average Bonchev–Trinajstić information content (AvgIpc) is 1.51. The molecule has 706 valence electrons. The molecule has 3 aliphatic heterocycles. The third-order valence-corrected chi connectivity index (χ3v) is 23.9. The second kappa shape index (κ2) is 57.5. The number of halogens is 14. The first kappa shape index (κ1) is 116. The van der Waals surface area contributed by atoms with Crippen molar-refractivity contribution < 1.29 is 57.1 Å². The molecule has 0 aliphatic carbocycles. The van der Waals surface area contributed by atoms with Crippen LogP contribution < -0.4 is 0 Å². The third-order valence-electron chi connectivity index (χ3n) is 20.9. The summed E-state index contributed by atoms with van der Waals surface area (Å²) in [6.45, 7) is 75.0. The average molecular weight is 1830 g/mol. The van der Waals surface area contributed by atoms with Gasteiger partial charge in [-0.25, -0.2) is 9.37 Å². The summed E-state index contributed by atoms with van der Waals surface area (Å²) < 4.78 is 158. The van der Waals surface area contributed by atoms with E-state index >= 15 is 0 Å². The van der Waals surface area contributed by atoms with Crippen molar-refractivity contribution >= 4 is 34.3 Å². The number of aromatic nitrogens is 4. The summed E-state index contributed by atoms with van der Waals surface area (Å²) in [4.78, 5) is 21.3. The van der Waals surface area contributed by atoms with E-state index in [9.17, 15) is 57.1 Å². The van der Waals surface area contributed by atoms with Gasteiger partial charge in [-0.15, -0.1) is 22.7 Å². The minimum atomic E-state index is -4.33. The lowest BCUT2D eigenvalue weighted by Gasteiger charge is -2.43. The third kappa shape index (κ3) is 47.6. The first-order chi connectivity index (χ1) is 57.8. The van der Waals surface area contributed by atoms with E-state index < -0.39 is 45.8 Å². The lowest BCUT2D eigenvalue weighted by molar-refractivity contribution is -0.141. The Morgan fingerprint density at radius 3 is 1.13 bits per heavy atom. The maximum atomic E-state index is 12.4. The number of piperazine rings is 2. The van der Waals surface area contributed by atoms with Crippen LogP contribution in [-0.2, 0) is 24.7 Å². The maximum Gasteiger partial charge on any atom is 0.443 e. The smallest absolute Gasteiger partial charge is 0.298 e. The second-order valence-corrected chi connectivity index (χ2v) is 38.4. The van der Waals surface area contributed by atoms with Crippen molar-refractivity contribution in [1.82, 2.24) is 44.2 Å². The second-order valence-electron chi connectivity index (χ2n) is 35.8. The summed E-state index contributed by atoms with van der Waals surface area (Å²) in [5, 5.41) is 3.42. The maximum absolute atomic E-state index is 12.4. The van der Waals surface area contributed by atoms with Gasteiger partial charge in [0.05, 0.1) is 5.56 Å². The molecule has 11 rings (SSSR count). The number of nitrogens with zero attached hydrogens (tertiary/aromatic N) is 9. The van der Waals surface area contributed by atoms with Crippen molar-refractivity contribution in [2.24, 2.45) is 5.92 Å². The number of thiophene rings is 1. The van der Waals surface area contributed by atoms with E-state index in [0.717, 1.165) is 81.7 Å². The largest absolute Gasteiger partial charge is 0.443 e. The number of hydrogen-bond acceptors (Lipinski definition) is 10. The Balaban J connectivity index is 0.000000688. The van der Waals surface area contributed by atoms with Crippen LogP contribution in [0.4, 0.5) is 57.1 Å². The van der Waals surface area contributed by atoms with Crippen molar-refractivity contribution in [2.75, 3.05) is 58.9 Å². The highest BCUT2D eigenvalue weighted by atomic mass is 35.5. The lowest BCUT2D eigenvalue weighted by atomic mass is 9.96. The molecule has 7 heterocycles. The SMILES string of the molecule is CC(C)C1=CCN(C(C)C)CC1.CC(C)N1CCN(C(C)C)C(C)C1.CC(C)N1CCN(C(C)C)CC1.CC(C)c1ccc(C(F)(F)F)cc1.CC(C)c1ccc(C(F)(F)F)s1.CC(C)c1ccc(Cl)cc1.CC(C)c1ccc(F)cc1.CC(C)c1ccccc1.CC(C)c1cnc(C(F)(F)F)s1.CC(C)n1ccc(C(F)(F)F)n1.Cc1ccc(C(C)C)nc1. The molecule has 0 spiro atoms. The van der Waals surface area contributed by atoms with Gasteiger partial charge in [0.1, 0.15) is 10.7 Å². The van der Waals surface area contributed by atoms with Crippen LogP contribution in [0.2, 0.25) is 5.02 Å². The van der Waals surface area contributed by atoms with E-state index in [1.807, 2.05) is 78.1 Å². The lowest BCUT2D eigenvalue weighted by Crippen LogP contribution is -2.55. The number of hydrogen-bond donors (Lipinski definition) is 0. The minimum absolute atomic E-state index is 0.0406. The zero-order chi connectivity index (χ0) is 95.8. The van der Waals surface area contributed by atoms with Gasteiger partial charge in [-0.2, -0.15) is 57.8 Å². The fourth-order valence-corrected chi connectivity index (χ4v) is 14.2. The van der Waals surface area contributed by atoms with Crippen LogP contribution in [0.1, 0.15) is 319 Å². The fraction of sp³-hybridized carbons (Fsp3) is 0.590. The molecule has 0 saturated carbocycles. The standard InChI is InChI=1S/C11H24N2.C11H21N.C10H11F3.C10H22N2.C9H11Cl.C9H11F.C9H13N.C9H12.C8H9F3S.C7H9F3N2.C7H8F3NS/c1-9(2)12-6-7-13(10(3)4)11(5)8-12;1-9(2)11-5-7-12(8-6-11)10(3)4;1-7(2)8-3-5-9(6-4-8)10(11,12)13;1-9(2)11-5-7-12(8-6-11)10(3)4;2*1-7(2)8-3-5-9(10)6-4-8;1-7(2)9-5-4-8(3)6-10-9;1-8(2)9-6-4-3-5-7-9;1-5(2)6-3-4-7(12-6)8(9,10)11;1-5(2)12-4-3-6(11-12)7(8,9)10;1-4(2)5-3-11-6(12-5)7(8,9)10/h9-11H,6-8H2,1-5H3;5,9-10H,6-8H2,1-4H3;3-7H,1-2H3;9-10H,5-8H2,1-4H3;2*3-7H,1-2H3;4-7H,1-3H3;3-8H,1-2H3;2*3-5H,1-2H3;3-4H,1-2H3. The molecule has 0 bridgehead atoms. The molecule has 4 aromatic heterocycles. The van der Waals surface area contributed by atoms with Gasteiger partial charge >= 0.3 is 24.7 Å². The summed E-state index contributed by atoms with van der Waals surface area (Å²) in [6, 6.07) is 42.5. The van der Waals surface area contributed by atoms with E-state index in [2.05, 4.69) is 246 Å². The normalized spacial score (nSPS) is 15.1. The van der Waals surface area contributed by atoms with E-state index in [0.29, 0.717) is 58.0 Å². The molecule has 0 amide bonds. The van der Waals surface area contributed by atoms with E-state index in [4.69, 9.17) is 11.6 Å². The number of rotatable bonds is 14. The van der Waals surface area contributed by atoms with Gasteiger partial charge in [0.15, 0.2) is 10.7 Å². The van der Waals surface area contributed by atoms with Crippen LogP contribution in [-0.4, -0.2) is 139 Å². The molecule has 2 fully saturated rings. The Hall–Kier alpha value is -6.51. The number of aryl methyl sites for hydroxylation is 1. The van der Waals surface area contributed by atoms with Gasteiger partial charge < -0.3 is 0 Å². The fourth-order valence-electron chi connectivity index (χ4n) is 12.4. The minimum Gasteiger partial charge on any atom is -0.298 e. The van der Waals surface area contributed by atoms with Crippen molar-refractivity contribution in [3.8, 4) is 0 Å². The molecule has 1 unspecified atom stereocenters. The molecule has 0 N–H and O–H groups in total. The molecular weight excluding hydrogens is 1670 g/mol. The molecule has 8 aromatic rings. The van der Waals surface area contributed by atoms with Crippen molar-refractivity contribution in [2.45, 2.75) is 323 Å². The molecule has 25 heteroatoms. The van der Waals surface area contributed by atoms with E-state index in [1.165, 1.54) is 134 Å². The summed E-state index contributed by atoms with van der Waals surface area (Å²) in [5.74, 6) is 3.42. The Labute approximate surface area is 757 Å². The molecule has 3 aliphatic rings. The first-order valence-corrected chi connectivity index (χ1v) is 46.2. The van der Waals surface area contributed by atoms with Gasteiger partial charge in [-0.3, -0.25) is 34.2 Å². The molecule has 1 atom stereocenters. The molecular formula is C100H151ClF13N9S2. The molecule has 0 radical (unpaired) electrons. The summed E-state index contributed by atoms with van der Waals surface area (Å²) in [5.41, 5.74) is 7.48. The highest BCUT2D eigenvalue weighted by molar-refractivity contribution is 7.12. The van der Waals surface area contributed by atoms with Crippen LogP contribution in [0, 0.1) is 18.7 Å². The number of thiazole rings is 1. The predicted molar refractivity (Wildman–Crippen MR) is 503 cm³/mol. The van der Waals surface area contributed by atoms with Crippen LogP contribution in [0.5, 0.6) is 0 Å². The van der Waals surface area contributed by atoms with Gasteiger partial charge in [-0.05, 0) is 239 Å². The van der Waals surface area contributed by atoms with Gasteiger partial charge in [0.2, 0.25) is 0 Å². The van der Waals surface area contributed by atoms with Crippen LogP contribution in [0.25, 0.3) is 0 Å². The zero-order valence-corrected chi connectivity index (χ0v) is 82.8. The van der Waals surface area contributed by atoms with Crippen LogP contribution >= 0.6 is 34.3 Å². The Morgan fingerprint density at radius 1 is 0.384 bits per heavy atom. The van der Waals surface area contributed by atoms with Gasteiger partial charge in [0.25, 0.3) is 0 Å². The highest BCUT2D eigenvalue weighted by Gasteiger charge is 2.36. The van der Waals surface area contributed by atoms with Crippen LogP contribution in [0.15, 0.2) is 164 Å². The quantitative estimate of drug-likeness (QED) is 0.0788. The topological polar surface area (TPSA) is 59.8 Å². The molecule has 2 saturated heterocycles. The summed E-state index contributed by atoms with van der Waals surface area (Å²) in [6.07, 6.45) is -8.82. The summed E-state index contributed by atoms with van der Waals surface area (Å²) in [7, 11) is 0. The number of benzene rings is 4. The summed E-state index contributed by atoms with van der Waals surface area (Å²) >= 11 is 7.25. The number of pyridine rings is 1. The molecule has 9 nitrogen and oxygen atoms in total. The Morgan fingerprint density at radius 2 is 0.832 bits per heavy atom. The Kier molecular flexibility index (Phi) is 53.6. The van der Waals surface area contributed by atoms with E-state index in [1.54, 1.807) is 19.4 Å². The highest BCUT2D eigenvalue weighted by Crippen LogP contribution is 2.38. The predicted octanol–water partition coefficient (Wildman–Crippen LogP) is 31.1. The van der Waals surface area contributed by atoms with Crippen molar-refractivity contribution in [1.29, 1.82) is 0 Å². The van der Waals surface area contributed by atoms with Crippen LogP contribution in [0.3, 0.4) is 0 Å². The zero-order valence-electron chi connectivity index (χ0n) is 80.4. The first-order valence-electron chi connectivity index (χ1n) is 44.2.